The van der Waals surface area contributed by atoms with Crippen LogP contribution in [0, 0.1) is 5.92 Å². The highest BCUT2D eigenvalue weighted by Crippen LogP contribution is 2.45. The Morgan fingerprint density at radius 2 is 1.60 bits per heavy atom. The summed E-state index contributed by atoms with van der Waals surface area (Å²) in [6.07, 6.45) is 7.61. The fourth-order valence-corrected chi connectivity index (χ4v) is 5.42. The Kier molecular flexibility index (Phi) is 10.9. The predicted octanol–water partition coefficient (Wildman–Crippen LogP) is 7.07. The smallest absolute Gasteiger partial charge is 0.357 e. The Bertz CT molecular complexity index is 1520. The van der Waals surface area contributed by atoms with Crippen LogP contribution in [-0.2, 0) is 11.3 Å². The normalized spacial score (nSPS) is 13.1. The molecule has 0 bridgehead atoms. The van der Waals surface area contributed by atoms with Crippen LogP contribution in [0.5, 0.6) is 28.9 Å². The van der Waals surface area contributed by atoms with E-state index in [1.54, 1.807) is 39.7 Å². The molecule has 0 N–H and O–H groups in total. The first-order chi connectivity index (χ1) is 20.6. The van der Waals surface area contributed by atoms with Crippen molar-refractivity contribution in [1.29, 1.82) is 0 Å². The highest BCUT2D eigenvalue weighted by Gasteiger charge is 2.26. The van der Waals surface area contributed by atoms with Gasteiger partial charge in [-0.2, -0.15) is 0 Å². The van der Waals surface area contributed by atoms with E-state index in [-0.39, 0.29) is 18.1 Å². The van der Waals surface area contributed by atoms with Crippen molar-refractivity contribution in [3.8, 4) is 40.0 Å². The maximum atomic E-state index is 13.2. The molecular formula is C33H37ClN2O7. The number of carbonyl (C=O) groups is 1. The third kappa shape index (κ3) is 7.05. The summed E-state index contributed by atoms with van der Waals surface area (Å²) in [5.74, 6) is 2.18. The van der Waals surface area contributed by atoms with Gasteiger partial charge in [0.05, 0.1) is 40.7 Å². The number of ether oxygens (including phenoxy) is 6. The Balaban J connectivity index is 0.00000423. The van der Waals surface area contributed by atoms with Gasteiger partial charge in [0.25, 0.3) is 0 Å². The summed E-state index contributed by atoms with van der Waals surface area (Å²) >= 11 is 0. The zero-order valence-corrected chi connectivity index (χ0v) is 25.7. The second-order valence-corrected chi connectivity index (χ2v) is 10.2. The van der Waals surface area contributed by atoms with Gasteiger partial charge in [0, 0.05) is 17.1 Å². The first kappa shape index (κ1) is 31.7. The van der Waals surface area contributed by atoms with E-state index in [4.69, 9.17) is 33.4 Å². The van der Waals surface area contributed by atoms with Crippen LogP contribution in [0.1, 0.15) is 48.3 Å². The summed E-state index contributed by atoms with van der Waals surface area (Å²) in [5, 5.41) is 1.45. The largest absolute Gasteiger partial charge is 0.493 e. The molecule has 2 heterocycles. The Morgan fingerprint density at radius 3 is 2.23 bits per heavy atom. The van der Waals surface area contributed by atoms with Crippen LogP contribution in [0.2, 0.25) is 0 Å². The lowest BCUT2D eigenvalue weighted by atomic mass is 9.90. The number of rotatable bonds is 11. The van der Waals surface area contributed by atoms with Gasteiger partial charge >= 0.3 is 5.97 Å². The average molecular weight is 609 g/mol. The Labute approximate surface area is 257 Å². The van der Waals surface area contributed by atoms with Crippen molar-refractivity contribution in [2.45, 2.75) is 38.7 Å². The molecule has 2 aromatic carbocycles. The van der Waals surface area contributed by atoms with Gasteiger partial charge in [0.2, 0.25) is 11.6 Å². The standard InChI is InChI=1S/C33H36N2O7.ClH/c1-37-27-16-22(17-28(38-2)31(27)39-3)29-25-14-13-24(41-20-23-12-8-9-15-34-23)18-26(25)32(35-30(29)33(36)40-4)42-19-21-10-6-5-7-11-21;/h8-9,12-18,21H,5-7,10-11,19-20H2,1-4H3;1H. The quantitative estimate of drug-likeness (QED) is 0.166. The van der Waals surface area contributed by atoms with Crippen LogP contribution >= 0.6 is 12.4 Å². The number of halogens is 1. The molecule has 0 spiro atoms. The van der Waals surface area contributed by atoms with Crippen molar-refractivity contribution >= 4 is 29.1 Å². The van der Waals surface area contributed by atoms with Gasteiger partial charge in [0.1, 0.15) is 12.4 Å². The summed E-state index contributed by atoms with van der Waals surface area (Å²) in [6, 6.07) is 14.9. The second kappa shape index (κ2) is 14.8. The predicted molar refractivity (Wildman–Crippen MR) is 166 cm³/mol. The maximum Gasteiger partial charge on any atom is 0.357 e. The minimum absolute atomic E-state index is 0. The molecular weight excluding hydrogens is 572 g/mol. The summed E-state index contributed by atoms with van der Waals surface area (Å²) in [6.45, 7) is 0.823. The minimum Gasteiger partial charge on any atom is -0.493 e. The van der Waals surface area contributed by atoms with E-state index in [0.717, 1.165) is 23.9 Å². The molecule has 0 unspecified atom stereocenters. The van der Waals surface area contributed by atoms with E-state index in [1.165, 1.54) is 26.4 Å². The van der Waals surface area contributed by atoms with E-state index >= 15 is 0 Å². The van der Waals surface area contributed by atoms with Crippen molar-refractivity contribution in [3.63, 3.8) is 0 Å². The highest BCUT2D eigenvalue weighted by atomic mass is 35.5. The van der Waals surface area contributed by atoms with Crippen LogP contribution in [0.4, 0.5) is 0 Å². The number of aromatic nitrogens is 2. The summed E-state index contributed by atoms with van der Waals surface area (Å²) < 4.78 is 34.4. The number of fused-ring (bicyclic) bond motifs is 1. The molecule has 0 saturated heterocycles. The molecule has 4 aromatic rings. The SMILES string of the molecule is COC(=O)c1nc(OCC2CCCCC2)c2cc(OCc3ccccn3)ccc2c1-c1cc(OC)c(OC)c(OC)c1.Cl. The van der Waals surface area contributed by atoms with E-state index in [1.807, 2.05) is 36.4 Å². The van der Waals surface area contributed by atoms with Gasteiger partial charge < -0.3 is 28.4 Å². The van der Waals surface area contributed by atoms with E-state index in [9.17, 15) is 4.79 Å². The lowest BCUT2D eigenvalue weighted by molar-refractivity contribution is 0.0593. The molecule has 1 aliphatic carbocycles. The van der Waals surface area contributed by atoms with Crippen LogP contribution in [0.15, 0.2) is 54.7 Å². The molecule has 2 aromatic heterocycles. The fraction of sp³-hybridized carbons (Fsp3) is 0.364. The van der Waals surface area contributed by atoms with Gasteiger partial charge in [-0.25, -0.2) is 9.78 Å². The third-order valence-corrected chi connectivity index (χ3v) is 7.57. The van der Waals surface area contributed by atoms with Gasteiger partial charge in [-0.3, -0.25) is 4.98 Å². The van der Waals surface area contributed by atoms with Crippen molar-refractivity contribution in [1.82, 2.24) is 9.97 Å². The topological polar surface area (TPSA) is 98.2 Å². The van der Waals surface area contributed by atoms with E-state index < -0.39 is 5.97 Å². The molecule has 10 heteroatoms. The molecule has 1 saturated carbocycles. The number of carbonyl (C=O) groups excluding carboxylic acids is 1. The third-order valence-electron chi connectivity index (χ3n) is 7.57. The van der Waals surface area contributed by atoms with Crippen molar-refractivity contribution in [2.75, 3.05) is 35.0 Å². The van der Waals surface area contributed by atoms with Crippen LogP contribution in [-0.4, -0.2) is 51.0 Å². The first-order valence-corrected chi connectivity index (χ1v) is 14.1. The number of methoxy groups -OCH3 is 4. The number of pyridine rings is 2. The highest BCUT2D eigenvalue weighted by molar-refractivity contribution is 6.08. The van der Waals surface area contributed by atoms with Crippen molar-refractivity contribution in [2.24, 2.45) is 5.92 Å². The maximum absolute atomic E-state index is 13.2. The van der Waals surface area contributed by atoms with Gasteiger partial charge in [-0.05, 0) is 72.2 Å². The first-order valence-electron chi connectivity index (χ1n) is 14.1. The van der Waals surface area contributed by atoms with Crippen LogP contribution < -0.4 is 23.7 Å². The molecule has 0 atom stereocenters. The van der Waals surface area contributed by atoms with Crippen LogP contribution in [0.25, 0.3) is 21.9 Å². The zero-order valence-electron chi connectivity index (χ0n) is 24.9. The number of esters is 1. The number of hydrogen-bond acceptors (Lipinski definition) is 9. The molecule has 0 aliphatic heterocycles. The average Bonchev–Trinajstić information content (AvgIpc) is 3.05. The van der Waals surface area contributed by atoms with E-state index in [2.05, 4.69) is 4.98 Å². The van der Waals surface area contributed by atoms with Gasteiger partial charge in [0.15, 0.2) is 17.2 Å². The molecule has 0 amide bonds. The Hall–Kier alpha value is -4.24. The molecule has 0 radical (unpaired) electrons. The van der Waals surface area contributed by atoms with Crippen LogP contribution in [0.3, 0.4) is 0 Å². The lowest BCUT2D eigenvalue weighted by Crippen LogP contribution is -2.17. The monoisotopic (exact) mass is 608 g/mol. The second-order valence-electron chi connectivity index (χ2n) is 10.2. The van der Waals surface area contributed by atoms with Gasteiger partial charge in [-0.15, -0.1) is 12.4 Å². The van der Waals surface area contributed by atoms with Crippen molar-refractivity contribution < 1.29 is 33.2 Å². The zero-order chi connectivity index (χ0) is 29.5. The van der Waals surface area contributed by atoms with E-state index in [0.29, 0.717) is 64.5 Å². The summed E-state index contributed by atoms with van der Waals surface area (Å²) in [7, 11) is 5.98. The number of hydrogen-bond donors (Lipinski definition) is 0. The number of benzene rings is 2. The van der Waals surface area contributed by atoms with Crippen molar-refractivity contribution in [3.05, 3.63) is 66.1 Å². The van der Waals surface area contributed by atoms with Gasteiger partial charge in [-0.1, -0.05) is 25.3 Å². The molecule has 1 aliphatic rings. The molecule has 1 fully saturated rings. The molecule has 9 nitrogen and oxygen atoms in total. The summed E-state index contributed by atoms with van der Waals surface area (Å²) in [4.78, 5) is 22.3. The lowest BCUT2D eigenvalue weighted by Gasteiger charge is -2.23. The molecule has 228 valence electrons. The fourth-order valence-electron chi connectivity index (χ4n) is 5.42. The minimum atomic E-state index is -0.585. The Morgan fingerprint density at radius 1 is 0.860 bits per heavy atom. The summed E-state index contributed by atoms with van der Waals surface area (Å²) in [5.41, 5.74) is 2.13. The number of nitrogens with zero attached hydrogens (tertiary/aromatic N) is 2. The molecule has 43 heavy (non-hydrogen) atoms. The molecule has 5 rings (SSSR count).